The van der Waals surface area contributed by atoms with E-state index in [-0.39, 0.29) is 19.0 Å². The van der Waals surface area contributed by atoms with Crippen LogP contribution in [0.4, 0.5) is 4.79 Å². The molecule has 0 unspecified atom stereocenters. The molecule has 7 nitrogen and oxygen atoms in total. The minimum atomic E-state index is -0.818. The van der Waals surface area contributed by atoms with E-state index in [4.69, 9.17) is 19.9 Å². The van der Waals surface area contributed by atoms with Crippen LogP contribution in [0.3, 0.4) is 0 Å². The number of ether oxygens (including phenoxy) is 3. The summed E-state index contributed by atoms with van der Waals surface area (Å²) in [5.41, 5.74) is 6.63. The number of aromatic hydroxyl groups is 1. The van der Waals surface area contributed by atoms with Crippen molar-refractivity contribution in [3.8, 4) is 17.2 Å². The maximum atomic E-state index is 10.6. The van der Waals surface area contributed by atoms with Gasteiger partial charge in [0.2, 0.25) is 0 Å². The maximum Gasteiger partial charge on any atom is 0.404 e. The Balaban J connectivity index is 1.79. The van der Waals surface area contributed by atoms with Gasteiger partial charge in [-0.3, -0.25) is 4.98 Å². The third-order valence-corrected chi connectivity index (χ3v) is 3.78. The van der Waals surface area contributed by atoms with Gasteiger partial charge >= 0.3 is 6.09 Å². The second-order valence-electron chi connectivity index (χ2n) is 5.80. The zero-order chi connectivity index (χ0) is 19.1. The van der Waals surface area contributed by atoms with Crippen LogP contribution in [-0.2, 0) is 11.3 Å². The number of amides is 1. The highest BCUT2D eigenvalue weighted by molar-refractivity contribution is 5.88. The molecule has 0 fully saturated rings. The predicted molar refractivity (Wildman–Crippen MR) is 99.8 cm³/mol. The van der Waals surface area contributed by atoms with Gasteiger partial charge in [-0.05, 0) is 23.8 Å². The van der Waals surface area contributed by atoms with Gasteiger partial charge in [0.1, 0.15) is 12.4 Å². The second-order valence-corrected chi connectivity index (χ2v) is 5.80. The van der Waals surface area contributed by atoms with Gasteiger partial charge in [-0.2, -0.15) is 0 Å². The molecule has 0 saturated carbocycles. The quantitative estimate of drug-likeness (QED) is 0.591. The molecule has 140 valence electrons. The first kappa shape index (κ1) is 18.3. The van der Waals surface area contributed by atoms with E-state index >= 15 is 0 Å². The van der Waals surface area contributed by atoms with Crippen molar-refractivity contribution < 1.29 is 24.1 Å². The van der Waals surface area contributed by atoms with Gasteiger partial charge in [0.15, 0.2) is 11.5 Å². The summed E-state index contributed by atoms with van der Waals surface area (Å²) in [6, 6.07) is 14.9. The minimum Gasteiger partial charge on any atom is -0.506 e. The Morgan fingerprint density at radius 1 is 1.07 bits per heavy atom. The Hall–Kier alpha value is -3.48. The fourth-order valence-corrected chi connectivity index (χ4v) is 2.55. The molecule has 0 spiro atoms. The van der Waals surface area contributed by atoms with Gasteiger partial charge in [0, 0.05) is 11.8 Å². The summed E-state index contributed by atoms with van der Waals surface area (Å²) in [5.74, 6) is 1.05. The van der Waals surface area contributed by atoms with E-state index < -0.39 is 6.09 Å². The summed E-state index contributed by atoms with van der Waals surface area (Å²) < 4.78 is 16.5. The van der Waals surface area contributed by atoms with Gasteiger partial charge < -0.3 is 25.1 Å². The molecule has 7 heteroatoms. The van der Waals surface area contributed by atoms with Crippen molar-refractivity contribution in [2.75, 3.05) is 13.2 Å². The number of rotatable bonds is 8. The Kier molecular flexibility index (Phi) is 5.94. The summed E-state index contributed by atoms with van der Waals surface area (Å²) in [6.07, 6.45) is 1.02. The average Bonchev–Trinajstić information content (AvgIpc) is 2.67. The van der Waals surface area contributed by atoms with E-state index in [0.717, 1.165) is 5.56 Å². The lowest BCUT2D eigenvalue weighted by molar-refractivity contribution is 0.147. The van der Waals surface area contributed by atoms with Crippen LogP contribution in [0.25, 0.3) is 10.9 Å². The molecule has 1 heterocycles. The number of nitrogens with two attached hydrogens (primary N) is 1. The number of primary amides is 1. The molecular formula is C20H20N2O5. The molecule has 27 heavy (non-hydrogen) atoms. The van der Waals surface area contributed by atoms with Gasteiger partial charge in [0.05, 0.1) is 24.9 Å². The fraction of sp³-hybridized carbons (Fsp3) is 0.200. The van der Waals surface area contributed by atoms with Crippen molar-refractivity contribution in [1.82, 2.24) is 4.98 Å². The Morgan fingerprint density at radius 2 is 1.89 bits per heavy atom. The first-order chi connectivity index (χ1) is 13.1. The lowest BCUT2D eigenvalue weighted by atomic mass is 10.1. The van der Waals surface area contributed by atoms with Crippen molar-refractivity contribution in [3.63, 3.8) is 0 Å². The monoisotopic (exact) mass is 368 g/mol. The van der Waals surface area contributed by atoms with E-state index in [1.165, 1.54) is 6.20 Å². The van der Waals surface area contributed by atoms with Crippen LogP contribution < -0.4 is 15.2 Å². The Labute approximate surface area is 156 Å². The molecular weight excluding hydrogens is 348 g/mol. The number of fused-ring (bicyclic) bond motifs is 1. The average molecular weight is 368 g/mol. The van der Waals surface area contributed by atoms with Crippen LogP contribution in [0.15, 0.2) is 54.7 Å². The number of carbonyl (C=O) groups is 1. The number of nitrogens with zero attached hydrogens (tertiary/aromatic N) is 1. The van der Waals surface area contributed by atoms with Crippen molar-refractivity contribution in [2.45, 2.75) is 13.0 Å². The second kappa shape index (κ2) is 8.75. The molecule has 1 aromatic heterocycles. The Morgan fingerprint density at radius 3 is 2.67 bits per heavy atom. The van der Waals surface area contributed by atoms with E-state index in [2.05, 4.69) is 4.98 Å². The summed E-state index contributed by atoms with van der Waals surface area (Å²) >= 11 is 0. The van der Waals surface area contributed by atoms with Crippen LogP contribution >= 0.6 is 0 Å². The van der Waals surface area contributed by atoms with Crippen molar-refractivity contribution in [2.24, 2.45) is 5.73 Å². The number of hydrogen-bond acceptors (Lipinski definition) is 6. The maximum absolute atomic E-state index is 10.6. The van der Waals surface area contributed by atoms with E-state index in [0.29, 0.717) is 35.4 Å². The number of carbonyl (C=O) groups excluding carboxylic acids is 1. The summed E-state index contributed by atoms with van der Waals surface area (Å²) in [4.78, 5) is 14.8. The molecule has 0 atom stereocenters. The third-order valence-electron chi connectivity index (χ3n) is 3.78. The first-order valence-corrected chi connectivity index (χ1v) is 8.47. The molecule has 0 aliphatic rings. The SMILES string of the molecule is NC(=O)OCCCOc1c(OCc2ccccc2)ccc2ncc(O)cc12. The van der Waals surface area contributed by atoms with Gasteiger partial charge in [-0.25, -0.2) is 4.79 Å². The normalized spacial score (nSPS) is 10.5. The predicted octanol–water partition coefficient (Wildman–Crippen LogP) is 3.38. The van der Waals surface area contributed by atoms with Crippen LogP contribution in [0, 0.1) is 0 Å². The largest absolute Gasteiger partial charge is 0.506 e. The van der Waals surface area contributed by atoms with Crippen molar-refractivity contribution in [3.05, 3.63) is 60.3 Å². The number of benzene rings is 2. The van der Waals surface area contributed by atoms with Crippen molar-refractivity contribution >= 4 is 17.0 Å². The molecule has 1 amide bonds. The van der Waals surface area contributed by atoms with Gasteiger partial charge in [-0.1, -0.05) is 30.3 Å². The zero-order valence-corrected chi connectivity index (χ0v) is 14.6. The molecule has 0 aliphatic carbocycles. The number of hydrogen-bond donors (Lipinski definition) is 2. The van der Waals surface area contributed by atoms with Gasteiger partial charge in [0.25, 0.3) is 0 Å². The van der Waals surface area contributed by atoms with Crippen molar-refractivity contribution in [1.29, 1.82) is 0 Å². The van der Waals surface area contributed by atoms with Crippen LogP contribution in [0.1, 0.15) is 12.0 Å². The Bertz CT molecular complexity index is 915. The summed E-state index contributed by atoms with van der Waals surface area (Å²) in [5, 5.41) is 10.4. The molecule has 3 N–H and O–H groups in total. The number of aromatic nitrogens is 1. The number of pyridine rings is 1. The van der Waals surface area contributed by atoms with E-state index in [9.17, 15) is 9.90 Å². The molecule has 3 aromatic rings. The lowest BCUT2D eigenvalue weighted by Gasteiger charge is -2.15. The molecule has 0 bridgehead atoms. The third kappa shape index (κ3) is 5.01. The molecule has 0 saturated heterocycles. The minimum absolute atomic E-state index is 0.0321. The smallest absolute Gasteiger partial charge is 0.404 e. The fourth-order valence-electron chi connectivity index (χ4n) is 2.55. The van der Waals surface area contributed by atoms with Crippen LogP contribution in [0.2, 0.25) is 0 Å². The van der Waals surface area contributed by atoms with Gasteiger partial charge in [-0.15, -0.1) is 0 Å². The molecule has 0 aliphatic heterocycles. The van der Waals surface area contributed by atoms with Crippen LogP contribution in [0.5, 0.6) is 17.2 Å². The highest BCUT2D eigenvalue weighted by atomic mass is 16.5. The summed E-state index contributed by atoms with van der Waals surface area (Å²) in [6.45, 7) is 0.813. The lowest BCUT2D eigenvalue weighted by Crippen LogP contribution is -2.15. The highest BCUT2D eigenvalue weighted by Gasteiger charge is 2.13. The van der Waals surface area contributed by atoms with Crippen LogP contribution in [-0.4, -0.2) is 29.4 Å². The standard InChI is InChI=1S/C20H20N2O5/c21-20(24)26-10-4-9-25-19-16-11-15(23)12-22-17(16)7-8-18(19)27-13-14-5-2-1-3-6-14/h1-3,5-8,11-12,23H,4,9-10,13H2,(H2,21,24). The zero-order valence-electron chi connectivity index (χ0n) is 14.6. The molecule has 2 aromatic carbocycles. The summed E-state index contributed by atoms with van der Waals surface area (Å²) in [7, 11) is 0. The van der Waals surface area contributed by atoms with E-state index in [1.807, 2.05) is 30.3 Å². The molecule has 0 radical (unpaired) electrons. The topological polar surface area (TPSA) is 104 Å². The molecule has 3 rings (SSSR count). The highest BCUT2D eigenvalue weighted by Crippen LogP contribution is 2.37. The first-order valence-electron chi connectivity index (χ1n) is 8.47. The van der Waals surface area contributed by atoms with E-state index in [1.54, 1.807) is 18.2 Å².